The minimum absolute atomic E-state index is 0.0313. The molecule has 0 radical (unpaired) electrons. The number of aromatic nitrogens is 1. The van der Waals surface area contributed by atoms with Crippen LogP contribution in [0.15, 0.2) is 47.6 Å². The van der Waals surface area contributed by atoms with Crippen LogP contribution in [-0.2, 0) is 16.4 Å². The summed E-state index contributed by atoms with van der Waals surface area (Å²) < 4.78 is 22.6. The average molecular weight is 305 g/mol. The molecule has 2 aromatic rings. The Kier molecular flexibility index (Phi) is 4.23. The molecule has 0 bridgehead atoms. The Labute approximate surface area is 122 Å². The maximum atomic E-state index is 11.3. The van der Waals surface area contributed by atoms with Crippen molar-refractivity contribution in [1.29, 1.82) is 0 Å². The van der Waals surface area contributed by atoms with Crippen LogP contribution in [0.5, 0.6) is 0 Å². The van der Waals surface area contributed by atoms with Gasteiger partial charge in [-0.3, -0.25) is 4.79 Å². The average Bonchev–Trinajstić information content (AvgIpc) is 2.45. The number of pyridine rings is 1. The molecule has 1 aromatic heterocycles. The van der Waals surface area contributed by atoms with Gasteiger partial charge in [0.05, 0.1) is 11.9 Å². The van der Waals surface area contributed by atoms with E-state index in [9.17, 15) is 13.2 Å². The zero-order chi connectivity index (χ0) is 15.5. The van der Waals surface area contributed by atoms with Crippen molar-refractivity contribution in [1.82, 2.24) is 4.98 Å². The van der Waals surface area contributed by atoms with E-state index in [1.54, 1.807) is 24.3 Å². The van der Waals surface area contributed by atoms with E-state index in [2.05, 4.69) is 10.3 Å². The number of hydrogen-bond donors (Lipinski definition) is 2. The first-order valence-corrected chi connectivity index (χ1v) is 8.04. The third-order valence-electron chi connectivity index (χ3n) is 2.82. The van der Waals surface area contributed by atoms with E-state index in [1.807, 2.05) is 6.07 Å². The van der Waals surface area contributed by atoms with Gasteiger partial charge in [-0.1, -0.05) is 12.1 Å². The van der Waals surface area contributed by atoms with Crippen LogP contribution in [0, 0.1) is 0 Å². The van der Waals surface area contributed by atoms with Gasteiger partial charge in [0, 0.05) is 18.4 Å². The van der Waals surface area contributed by atoms with E-state index >= 15 is 0 Å². The van der Waals surface area contributed by atoms with Crippen molar-refractivity contribution in [2.45, 2.75) is 11.6 Å². The number of benzene rings is 1. The first-order valence-electron chi connectivity index (χ1n) is 6.15. The Balaban J connectivity index is 2.06. The lowest BCUT2D eigenvalue weighted by Gasteiger charge is -2.07. The molecule has 0 saturated heterocycles. The lowest BCUT2D eigenvalue weighted by molar-refractivity contribution is 0.1000. The van der Waals surface area contributed by atoms with Gasteiger partial charge in [-0.05, 0) is 29.8 Å². The fraction of sp³-hybridized carbons (Fsp3) is 0.143. The monoisotopic (exact) mass is 305 g/mol. The van der Waals surface area contributed by atoms with Crippen LogP contribution < -0.4 is 11.1 Å². The highest BCUT2D eigenvalue weighted by molar-refractivity contribution is 7.90. The number of nitrogens with one attached hydrogen (secondary N) is 1. The van der Waals surface area contributed by atoms with Crippen LogP contribution in [0.1, 0.15) is 15.9 Å². The molecule has 1 amide bonds. The molecule has 21 heavy (non-hydrogen) atoms. The molecule has 0 aliphatic carbocycles. The molecule has 0 aliphatic heterocycles. The summed E-state index contributed by atoms with van der Waals surface area (Å²) in [5.74, 6) is -0.476. The molecule has 110 valence electrons. The van der Waals surface area contributed by atoms with E-state index in [0.717, 1.165) is 11.8 Å². The number of nitrogens with zero attached hydrogens (tertiary/aromatic N) is 1. The summed E-state index contributed by atoms with van der Waals surface area (Å²) in [4.78, 5) is 15.0. The topological polar surface area (TPSA) is 102 Å². The van der Waals surface area contributed by atoms with Gasteiger partial charge in [-0.15, -0.1) is 0 Å². The summed E-state index contributed by atoms with van der Waals surface area (Å²) >= 11 is 0. The standard InChI is InChI=1S/C14H15N3O3S/c1-21(19,20)13-6-5-12(9-17-13)16-8-10-3-2-4-11(7-10)14(15)18/h2-7,9,16H,8H2,1H3,(H2,15,18). The third kappa shape index (κ3) is 4.03. The summed E-state index contributed by atoms with van der Waals surface area (Å²) in [6.07, 6.45) is 2.56. The normalized spacial score (nSPS) is 11.1. The Bertz CT molecular complexity index is 755. The van der Waals surface area contributed by atoms with Crippen molar-refractivity contribution < 1.29 is 13.2 Å². The fourth-order valence-electron chi connectivity index (χ4n) is 1.74. The van der Waals surface area contributed by atoms with Crippen LogP contribution in [-0.4, -0.2) is 25.6 Å². The zero-order valence-electron chi connectivity index (χ0n) is 11.4. The Morgan fingerprint density at radius 3 is 2.62 bits per heavy atom. The van der Waals surface area contributed by atoms with Gasteiger partial charge in [-0.25, -0.2) is 13.4 Å². The number of rotatable bonds is 5. The molecule has 0 aliphatic rings. The number of sulfone groups is 1. The Hall–Kier alpha value is -2.41. The SMILES string of the molecule is CS(=O)(=O)c1ccc(NCc2cccc(C(N)=O)c2)cn1. The summed E-state index contributed by atoms with van der Waals surface area (Å²) in [6, 6.07) is 10.0. The molecule has 1 aromatic carbocycles. The van der Waals surface area contributed by atoms with Crippen molar-refractivity contribution in [3.8, 4) is 0 Å². The lowest BCUT2D eigenvalue weighted by Crippen LogP contribution is -2.11. The van der Waals surface area contributed by atoms with Crippen molar-refractivity contribution in [2.24, 2.45) is 5.73 Å². The first-order chi connectivity index (χ1) is 9.86. The van der Waals surface area contributed by atoms with Gasteiger partial charge in [0.15, 0.2) is 14.9 Å². The number of primary amides is 1. The number of carbonyl (C=O) groups is 1. The summed E-state index contributed by atoms with van der Waals surface area (Å²) in [7, 11) is -3.29. The molecule has 3 N–H and O–H groups in total. The van der Waals surface area contributed by atoms with Gasteiger partial charge in [-0.2, -0.15) is 0 Å². The van der Waals surface area contributed by atoms with Gasteiger partial charge in [0.1, 0.15) is 0 Å². The molecule has 0 saturated carbocycles. The Morgan fingerprint density at radius 2 is 2.05 bits per heavy atom. The predicted molar refractivity (Wildman–Crippen MR) is 79.6 cm³/mol. The number of anilines is 1. The van der Waals surface area contributed by atoms with Crippen molar-refractivity contribution in [3.63, 3.8) is 0 Å². The highest BCUT2D eigenvalue weighted by Gasteiger charge is 2.08. The maximum absolute atomic E-state index is 11.3. The molecule has 7 heteroatoms. The molecular formula is C14H15N3O3S. The summed E-state index contributed by atoms with van der Waals surface area (Å²) in [5, 5.41) is 3.13. The molecule has 0 unspecified atom stereocenters. The van der Waals surface area contributed by atoms with Crippen LogP contribution in [0.3, 0.4) is 0 Å². The zero-order valence-corrected chi connectivity index (χ0v) is 12.2. The molecule has 0 atom stereocenters. The van der Waals surface area contributed by atoms with Crippen molar-refractivity contribution in [3.05, 3.63) is 53.7 Å². The Morgan fingerprint density at radius 1 is 1.29 bits per heavy atom. The number of carbonyl (C=O) groups excluding carboxylic acids is 1. The van der Waals surface area contributed by atoms with Crippen LogP contribution >= 0.6 is 0 Å². The third-order valence-corrected chi connectivity index (χ3v) is 3.83. The minimum Gasteiger partial charge on any atom is -0.380 e. The largest absolute Gasteiger partial charge is 0.380 e. The quantitative estimate of drug-likeness (QED) is 0.864. The minimum atomic E-state index is -3.29. The second-order valence-electron chi connectivity index (χ2n) is 4.58. The van der Waals surface area contributed by atoms with E-state index in [-0.39, 0.29) is 5.03 Å². The number of amides is 1. The fourth-order valence-corrected chi connectivity index (χ4v) is 2.30. The number of hydrogen-bond acceptors (Lipinski definition) is 5. The molecule has 0 spiro atoms. The van der Waals surface area contributed by atoms with Gasteiger partial charge < -0.3 is 11.1 Å². The highest BCUT2D eigenvalue weighted by Crippen LogP contribution is 2.12. The van der Waals surface area contributed by atoms with Crippen LogP contribution in [0.4, 0.5) is 5.69 Å². The smallest absolute Gasteiger partial charge is 0.248 e. The van der Waals surface area contributed by atoms with Gasteiger partial charge in [0.25, 0.3) is 0 Å². The second-order valence-corrected chi connectivity index (χ2v) is 6.54. The van der Waals surface area contributed by atoms with Gasteiger partial charge >= 0.3 is 0 Å². The van der Waals surface area contributed by atoms with E-state index in [4.69, 9.17) is 5.73 Å². The molecular weight excluding hydrogens is 290 g/mol. The summed E-state index contributed by atoms with van der Waals surface area (Å²) in [6.45, 7) is 0.473. The van der Waals surface area contributed by atoms with Crippen molar-refractivity contribution in [2.75, 3.05) is 11.6 Å². The van der Waals surface area contributed by atoms with Gasteiger partial charge in [0.2, 0.25) is 5.91 Å². The molecule has 6 nitrogen and oxygen atoms in total. The molecule has 0 fully saturated rings. The van der Waals surface area contributed by atoms with E-state index in [0.29, 0.717) is 17.8 Å². The second kappa shape index (κ2) is 5.92. The predicted octanol–water partition coefficient (Wildman–Crippen LogP) is 1.20. The highest BCUT2D eigenvalue weighted by atomic mass is 32.2. The molecule has 2 rings (SSSR count). The van der Waals surface area contributed by atoms with Crippen molar-refractivity contribution >= 4 is 21.4 Å². The maximum Gasteiger partial charge on any atom is 0.248 e. The first kappa shape index (κ1) is 15.0. The molecule has 1 heterocycles. The summed E-state index contributed by atoms with van der Waals surface area (Å²) in [5.41, 5.74) is 7.24. The van der Waals surface area contributed by atoms with E-state index < -0.39 is 15.7 Å². The number of nitrogens with two attached hydrogens (primary N) is 1. The lowest BCUT2D eigenvalue weighted by atomic mass is 10.1. The van der Waals surface area contributed by atoms with Crippen LogP contribution in [0.25, 0.3) is 0 Å². The van der Waals surface area contributed by atoms with E-state index in [1.165, 1.54) is 12.3 Å². The van der Waals surface area contributed by atoms with Crippen LogP contribution in [0.2, 0.25) is 0 Å².